The first kappa shape index (κ1) is 8.68. The van der Waals surface area contributed by atoms with Crippen LogP contribution in [-0.4, -0.2) is 20.4 Å². The van der Waals surface area contributed by atoms with Gasteiger partial charge in [-0.15, -0.1) is 10.2 Å². The molecule has 3 N–H and O–H groups in total. The van der Waals surface area contributed by atoms with Crippen LogP contribution < -0.4 is 5.73 Å². The fourth-order valence-electron chi connectivity index (χ4n) is 1.35. The highest BCUT2D eigenvalue weighted by Crippen LogP contribution is 2.07. The fraction of sp³-hybridized carbons (Fsp3) is 0.222. The minimum atomic E-state index is 0.0496. The molecule has 2 aromatic heterocycles. The maximum Gasteiger partial charge on any atom is 0.161 e. The number of nitrogens with zero attached hydrogens (tertiary/aromatic N) is 3. The highest BCUT2D eigenvalue weighted by molar-refractivity contribution is 5.95. The summed E-state index contributed by atoms with van der Waals surface area (Å²) >= 11 is 0. The Labute approximate surface area is 81.1 Å². The van der Waals surface area contributed by atoms with E-state index in [1.54, 1.807) is 12.1 Å². The highest BCUT2D eigenvalue weighted by Gasteiger charge is 2.04. The molecule has 0 aliphatic carbocycles. The van der Waals surface area contributed by atoms with Gasteiger partial charge in [-0.05, 0) is 12.1 Å². The van der Waals surface area contributed by atoms with Crippen LogP contribution in [0.5, 0.6) is 0 Å². The SMILES string of the molecule is CCc1nnc2cc(C(=N)N)ccn12. The molecule has 0 fully saturated rings. The molecule has 0 saturated carbocycles. The Kier molecular flexibility index (Phi) is 1.92. The van der Waals surface area contributed by atoms with Crippen LogP contribution in [0.15, 0.2) is 18.3 Å². The summed E-state index contributed by atoms with van der Waals surface area (Å²) in [5.74, 6) is 0.962. The van der Waals surface area contributed by atoms with Crippen molar-refractivity contribution in [3.63, 3.8) is 0 Å². The first-order valence-corrected chi connectivity index (χ1v) is 4.40. The molecule has 0 bridgehead atoms. The van der Waals surface area contributed by atoms with Crippen LogP contribution in [0.25, 0.3) is 5.65 Å². The Morgan fingerprint density at radius 1 is 1.57 bits per heavy atom. The molecule has 0 aliphatic rings. The average Bonchev–Trinajstić information content (AvgIpc) is 2.59. The molecule has 2 aromatic rings. The molecule has 0 saturated heterocycles. The number of fused-ring (bicyclic) bond motifs is 1. The summed E-state index contributed by atoms with van der Waals surface area (Å²) in [5.41, 5.74) is 6.77. The van der Waals surface area contributed by atoms with Crippen molar-refractivity contribution in [2.24, 2.45) is 5.73 Å². The Hall–Kier alpha value is -1.91. The van der Waals surface area contributed by atoms with Crippen molar-refractivity contribution < 1.29 is 0 Å². The summed E-state index contributed by atoms with van der Waals surface area (Å²) in [6.45, 7) is 2.02. The van der Waals surface area contributed by atoms with Crippen molar-refractivity contribution in [3.8, 4) is 0 Å². The maximum absolute atomic E-state index is 7.28. The van der Waals surface area contributed by atoms with E-state index < -0.39 is 0 Å². The number of nitrogens with two attached hydrogens (primary N) is 1. The van der Waals surface area contributed by atoms with E-state index in [9.17, 15) is 0 Å². The molecule has 0 spiro atoms. The molecule has 0 aliphatic heterocycles. The molecule has 0 amide bonds. The molecular formula is C9H11N5. The number of hydrogen-bond donors (Lipinski definition) is 2. The number of rotatable bonds is 2. The molecule has 0 atom stereocenters. The second kappa shape index (κ2) is 3.10. The van der Waals surface area contributed by atoms with E-state index in [2.05, 4.69) is 10.2 Å². The van der Waals surface area contributed by atoms with Gasteiger partial charge < -0.3 is 5.73 Å². The summed E-state index contributed by atoms with van der Waals surface area (Å²) in [7, 11) is 0. The van der Waals surface area contributed by atoms with Crippen LogP contribution in [0.4, 0.5) is 0 Å². The smallest absolute Gasteiger partial charge is 0.161 e. The molecule has 2 rings (SSSR count). The molecule has 5 heteroatoms. The minimum Gasteiger partial charge on any atom is -0.384 e. The van der Waals surface area contributed by atoms with Crippen LogP contribution >= 0.6 is 0 Å². The summed E-state index contributed by atoms with van der Waals surface area (Å²) in [6, 6.07) is 3.55. The van der Waals surface area contributed by atoms with Gasteiger partial charge in [0, 0.05) is 18.2 Å². The van der Waals surface area contributed by atoms with E-state index in [1.807, 2.05) is 17.5 Å². The minimum absolute atomic E-state index is 0.0496. The van der Waals surface area contributed by atoms with Crippen molar-refractivity contribution in [1.29, 1.82) is 5.41 Å². The number of aryl methyl sites for hydroxylation is 1. The topological polar surface area (TPSA) is 80.1 Å². The van der Waals surface area contributed by atoms with E-state index in [0.29, 0.717) is 5.56 Å². The van der Waals surface area contributed by atoms with Gasteiger partial charge in [0.2, 0.25) is 0 Å². The quantitative estimate of drug-likeness (QED) is 0.535. The van der Waals surface area contributed by atoms with Crippen LogP contribution in [0, 0.1) is 5.41 Å². The molecule has 0 unspecified atom stereocenters. The fourth-order valence-corrected chi connectivity index (χ4v) is 1.35. The number of aromatic nitrogens is 3. The van der Waals surface area contributed by atoms with Gasteiger partial charge in [-0.2, -0.15) is 0 Å². The Morgan fingerprint density at radius 3 is 3.00 bits per heavy atom. The van der Waals surface area contributed by atoms with Crippen molar-refractivity contribution >= 4 is 11.5 Å². The lowest BCUT2D eigenvalue weighted by Crippen LogP contribution is -2.11. The third-order valence-corrected chi connectivity index (χ3v) is 2.11. The number of amidine groups is 1. The van der Waals surface area contributed by atoms with E-state index in [4.69, 9.17) is 11.1 Å². The predicted octanol–water partition coefficient (Wildman–Crippen LogP) is 0.576. The zero-order chi connectivity index (χ0) is 10.1. The van der Waals surface area contributed by atoms with E-state index in [1.165, 1.54) is 0 Å². The van der Waals surface area contributed by atoms with Gasteiger partial charge in [0.15, 0.2) is 5.65 Å². The van der Waals surface area contributed by atoms with Gasteiger partial charge in [0.1, 0.15) is 11.7 Å². The third-order valence-electron chi connectivity index (χ3n) is 2.11. The van der Waals surface area contributed by atoms with Crippen LogP contribution in [0.1, 0.15) is 18.3 Å². The number of hydrogen-bond acceptors (Lipinski definition) is 3. The zero-order valence-electron chi connectivity index (χ0n) is 7.86. The first-order valence-electron chi connectivity index (χ1n) is 4.40. The van der Waals surface area contributed by atoms with E-state index in [-0.39, 0.29) is 5.84 Å². The van der Waals surface area contributed by atoms with Gasteiger partial charge in [-0.1, -0.05) is 6.92 Å². The van der Waals surface area contributed by atoms with Crippen LogP contribution in [0.2, 0.25) is 0 Å². The van der Waals surface area contributed by atoms with Crippen molar-refractivity contribution in [2.75, 3.05) is 0 Å². The Morgan fingerprint density at radius 2 is 2.36 bits per heavy atom. The third kappa shape index (κ3) is 1.22. The predicted molar refractivity (Wildman–Crippen MR) is 53.4 cm³/mol. The largest absolute Gasteiger partial charge is 0.384 e. The maximum atomic E-state index is 7.28. The van der Waals surface area contributed by atoms with Crippen molar-refractivity contribution in [1.82, 2.24) is 14.6 Å². The van der Waals surface area contributed by atoms with Crippen LogP contribution in [-0.2, 0) is 6.42 Å². The Balaban J connectivity index is 2.63. The van der Waals surface area contributed by atoms with Crippen molar-refractivity contribution in [2.45, 2.75) is 13.3 Å². The van der Waals surface area contributed by atoms with Gasteiger partial charge in [-0.25, -0.2) is 0 Å². The summed E-state index contributed by atoms with van der Waals surface area (Å²) < 4.78 is 1.90. The highest BCUT2D eigenvalue weighted by atomic mass is 15.2. The normalized spacial score (nSPS) is 10.6. The van der Waals surface area contributed by atoms with Gasteiger partial charge in [0.25, 0.3) is 0 Å². The molecule has 5 nitrogen and oxygen atoms in total. The molecule has 72 valence electrons. The molecule has 14 heavy (non-hydrogen) atoms. The molecule has 0 aromatic carbocycles. The van der Waals surface area contributed by atoms with E-state index in [0.717, 1.165) is 17.9 Å². The Bertz CT molecular complexity index is 485. The lowest BCUT2D eigenvalue weighted by Gasteiger charge is -1.99. The van der Waals surface area contributed by atoms with Gasteiger partial charge in [-0.3, -0.25) is 9.81 Å². The molecular weight excluding hydrogens is 178 g/mol. The lowest BCUT2D eigenvalue weighted by molar-refractivity contribution is 0.909. The van der Waals surface area contributed by atoms with Gasteiger partial charge in [0.05, 0.1) is 0 Å². The standard InChI is InChI=1S/C9H11N5/c1-2-7-12-13-8-5-6(9(10)11)3-4-14(7)8/h3-5H,2H2,1H3,(H3,10,11). The number of pyridine rings is 1. The molecule has 0 radical (unpaired) electrons. The monoisotopic (exact) mass is 189 g/mol. The average molecular weight is 189 g/mol. The van der Waals surface area contributed by atoms with Gasteiger partial charge >= 0.3 is 0 Å². The second-order valence-corrected chi connectivity index (χ2v) is 3.03. The van der Waals surface area contributed by atoms with E-state index >= 15 is 0 Å². The first-order chi connectivity index (χ1) is 6.72. The van der Waals surface area contributed by atoms with Crippen molar-refractivity contribution in [3.05, 3.63) is 29.7 Å². The summed E-state index contributed by atoms with van der Waals surface area (Å²) in [4.78, 5) is 0. The lowest BCUT2D eigenvalue weighted by atomic mass is 10.2. The second-order valence-electron chi connectivity index (χ2n) is 3.03. The van der Waals surface area contributed by atoms with Crippen LogP contribution in [0.3, 0.4) is 0 Å². The molecule has 2 heterocycles. The number of nitrogens with one attached hydrogen (secondary N) is 1. The zero-order valence-corrected chi connectivity index (χ0v) is 7.86. The number of nitrogen functional groups attached to an aromatic ring is 1. The summed E-state index contributed by atoms with van der Waals surface area (Å²) in [6.07, 6.45) is 2.67. The summed E-state index contributed by atoms with van der Waals surface area (Å²) in [5, 5.41) is 15.3.